The van der Waals surface area contributed by atoms with Crippen LogP contribution in [0.4, 0.5) is 11.4 Å². The molecule has 0 aliphatic carbocycles. The van der Waals surface area contributed by atoms with Gasteiger partial charge in [-0.25, -0.2) is 0 Å². The van der Waals surface area contributed by atoms with Crippen LogP contribution in [0.2, 0.25) is 0 Å². The van der Waals surface area contributed by atoms with Crippen LogP contribution in [-0.2, 0) is 0 Å². The zero-order valence-electron chi connectivity index (χ0n) is 12.5. The maximum absolute atomic E-state index is 8.70. The summed E-state index contributed by atoms with van der Waals surface area (Å²) in [5.41, 5.74) is 12.0. The van der Waals surface area contributed by atoms with Crippen LogP contribution in [-0.4, -0.2) is 15.3 Å². The molecular formula is C18H20N2O3. The van der Waals surface area contributed by atoms with Crippen molar-refractivity contribution in [2.45, 2.75) is 0 Å². The Labute approximate surface area is 135 Å². The quantitative estimate of drug-likeness (QED) is 0.323. The fourth-order valence-electron chi connectivity index (χ4n) is 1.38. The number of nitrogens with two attached hydrogens (primary N) is 2. The third-order valence-electron chi connectivity index (χ3n) is 2.54. The van der Waals surface area contributed by atoms with E-state index in [4.69, 9.17) is 26.8 Å². The molecule has 0 atom stereocenters. The summed E-state index contributed by atoms with van der Waals surface area (Å²) in [7, 11) is 0. The van der Waals surface area contributed by atoms with Crippen LogP contribution in [0, 0.1) is 0 Å². The minimum atomic E-state index is 0.249. The fraction of sp³-hybridized carbons (Fsp3) is 0. The predicted molar refractivity (Wildman–Crippen MR) is 93.1 cm³/mol. The van der Waals surface area contributed by atoms with E-state index in [2.05, 4.69) is 0 Å². The van der Waals surface area contributed by atoms with Gasteiger partial charge in [-0.3, -0.25) is 0 Å². The molecule has 0 heterocycles. The number of anilines is 2. The van der Waals surface area contributed by atoms with Crippen molar-refractivity contribution in [3.05, 3.63) is 78.9 Å². The molecule has 0 aromatic heterocycles. The van der Waals surface area contributed by atoms with Crippen LogP contribution < -0.4 is 11.5 Å². The third-order valence-corrected chi connectivity index (χ3v) is 2.54. The molecule has 23 heavy (non-hydrogen) atoms. The lowest BCUT2D eigenvalue weighted by Gasteiger charge is -1.89. The second-order valence-electron chi connectivity index (χ2n) is 4.52. The van der Waals surface area contributed by atoms with Gasteiger partial charge in [0.05, 0.1) is 0 Å². The number of para-hydroxylation sites is 1. The summed E-state index contributed by atoms with van der Waals surface area (Å²) in [4.78, 5) is 0. The Morgan fingerprint density at radius 1 is 0.435 bits per heavy atom. The molecular weight excluding hydrogens is 292 g/mol. The van der Waals surface area contributed by atoms with Crippen LogP contribution >= 0.6 is 0 Å². The zero-order chi connectivity index (χ0) is 17.1. The van der Waals surface area contributed by atoms with Gasteiger partial charge >= 0.3 is 0 Å². The molecule has 0 amide bonds. The summed E-state index contributed by atoms with van der Waals surface area (Å²) in [5, 5.41) is 26.0. The summed E-state index contributed by atoms with van der Waals surface area (Å²) in [5.74, 6) is 0.820. The highest BCUT2D eigenvalue weighted by atomic mass is 16.3. The Hall–Kier alpha value is -3.34. The molecule has 0 bridgehead atoms. The van der Waals surface area contributed by atoms with Crippen molar-refractivity contribution in [2.24, 2.45) is 0 Å². The van der Waals surface area contributed by atoms with Crippen LogP contribution in [0.5, 0.6) is 17.2 Å². The van der Waals surface area contributed by atoms with Crippen molar-refractivity contribution in [3.63, 3.8) is 0 Å². The smallest absolute Gasteiger partial charge is 0.115 e. The molecule has 3 rings (SSSR count). The molecule has 0 saturated heterocycles. The van der Waals surface area contributed by atoms with Crippen molar-refractivity contribution < 1.29 is 15.3 Å². The first kappa shape index (κ1) is 17.7. The molecule has 0 radical (unpaired) electrons. The molecule has 0 saturated carbocycles. The van der Waals surface area contributed by atoms with Gasteiger partial charge in [-0.2, -0.15) is 0 Å². The van der Waals surface area contributed by atoms with Gasteiger partial charge in [0.2, 0.25) is 0 Å². The fourth-order valence-corrected chi connectivity index (χ4v) is 1.38. The van der Waals surface area contributed by atoms with E-state index in [1.165, 1.54) is 0 Å². The van der Waals surface area contributed by atoms with E-state index in [1.54, 1.807) is 72.8 Å². The first-order valence-corrected chi connectivity index (χ1v) is 6.80. The van der Waals surface area contributed by atoms with Gasteiger partial charge in [0, 0.05) is 11.4 Å². The molecule has 3 aromatic rings. The Balaban J connectivity index is 0.000000173. The monoisotopic (exact) mass is 312 g/mol. The van der Waals surface area contributed by atoms with E-state index in [1.807, 2.05) is 6.07 Å². The van der Waals surface area contributed by atoms with Crippen LogP contribution in [0.3, 0.4) is 0 Å². The highest BCUT2D eigenvalue weighted by Crippen LogP contribution is 2.10. The second-order valence-corrected chi connectivity index (χ2v) is 4.52. The van der Waals surface area contributed by atoms with Crippen molar-refractivity contribution in [1.29, 1.82) is 0 Å². The van der Waals surface area contributed by atoms with E-state index < -0.39 is 0 Å². The molecule has 5 nitrogen and oxygen atoms in total. The molecule has 0 aliphatic rings. The maximum atomic E-state index is 8.70. The molecule has 5 heteroatoms. The molecule has 120 valence electrons. The predicted octanol–water partition coefficient (Wildman–Crippen LogP) is 3.34. The van der Waals surface area contributed by atoms with E-state index >= 15 is 0 Å². The second kappa shape index (κ2) is 9.57. The average Bonchev–Trinajstić information content (AvgIpc) is 2.55. The van der Waals surface area contributed by atoms with Gasteiger partial charge < -0.3 is 26.8 Å². The van der Waals surface area contributed by atoms with Gasteiger partial charge in [0.15, 0.2) is 0 Å². The van der Waals surface area contributed by atoms with Crippen molar-refractivity contribution >= 4 is 11.4 Å². The van der Waals surface area contributed by atoms with Crippen LogP contribution in [0.15, 0.2) is 78.9 Å². The van der Waals surface area contributed by atoms with Gasteiger partial charge in [-0.1, -0.05) is 18.2 Å². The standard InChI is InChI=1S/2C6H7NO.C6H6O/c2*7-5-1-3-6(8)4-2-5;7-6-4-2-1-3-5-6/h2*1-4,8H,7H2;1-5,7H. The minimum Gasteiger partial charge on any atom is -0.508 e. The Morgan fingerprint density at radius 2 is 0.739 bits per heavy atom. The van der Waals surface area contributed by atoms with E-state index in [-0.39, 0.29) is 11.5 Å². The number of phenolic OH excluding ortho intramolecular Hbond substituents is 3. The third kappa shape index (κ3) is 8.52. The van der Waals surface area contributed by atoms with Gasteiger partial charge in [0.25, 0.3) is 0 Å². The number of phenols is 3. The molecule has 0 fully saturated rings. The molecule has 0 aliphatic heterocycles. The first-order chi connectivity index (χ1) is 11.0. The number of aromatic hydroxyl groups is 3. The highest BCUT2D eigenvalue weighted by Gasteiger charge is 1.83. The maximum Gasteiger partial charge on any atom is 0.115 e. The van der Waals surface area contributed by atoms with Gasteiger partial charge in [-0.15, -0.1) is 0 Å². The SMILES string of the molecule is Nc1ccc(O)cc1.Nc1ccc(O)cc1.Oc1ccccc1. The summed E-state index contributed by atoms with van der Waals surface area (Å²) in [6.07, 6.45) is 0. The largest absolute Gasteiger partial charge is 0.508 e. The molecule has 7 N–H and O–H groups in total. The summed E-state index contributed by atoms with van der Waals surface area (Å²) < 4.78 is 0. The number of hydrogen-bond acceptors (Lipinski definition) is 5. The summed E-state index contributed by atoms with van der Waals surface area (Å²) in [6.45, 7) is 0. The lowest BCUT2D eigenvalue weighted by molar-refractivity contribution is 0.475. The van der Waals surface area contributed by atoms with E-state index in [0.29, 0.717) is 17.1 Å². The summed E-state index contributed by atoms with van der Waals surface area (Å²) >= 11 is 0. The molecule has 0 unspecified atom stereocenters. The van der Waals surface area contributed by atoms with Gasteiger partial charge in [0.1, 0.15) is 17.2 Å². The number of rotatable bonds is 0. The Kier molecular flexibility index (Phi) is 7.37. The van der Waals surface area contributed by atoms with Crippen LogP contribution in [0.25, 0.3) is 0 Å². The number of hydrogen-bond donors (Lipinski definition) is 5. The average molecular weight is 312 g/mol. The number of nitrogen functional groups attached to an aromatic ring is 2. The van der Waals surface area contributed by atoms with Crippen molar-refractivity contribution in [2.75, 3.05) is 11.5 Å². The lowest BCUT2D eigenvalue weighted by Crippen LogP contribution is -1.80. The zero-order valence-corrected chi connectivity index (χ0v) is 12.5. The normalized spacial score (nSPS) is 8.87. The van der Waals surface area contributed by atoms with Gasteiger partial charge in [-0.05, 0) is 60.7 Å². The Morgan fingerprint density at radius 3 is 0.957 bits per heavy atom. The van der Waals surface area contributed by atoms with E-state index in [9.17, 15) is 0 Å². The first-order valence-electron chi connectivity index (χ1n) is 6.80. The van der Waals surface area contributed by atoms with E-state index in [0.717, 1.165) is 0 Å². The topological polar surface area (TPSA) is 113 Å². The minimum absolute atomic E-state index is 0.249. The van der Waals surface area contributed by atoms with Crippen molar-refractivity contribution in [1.82, 2.24) is 0 Å². The Bertz CT molecular complexity index is 583. The molecule has 3 aromatic carbocycles. The number of benzene rings is 3. The highest BCUT2D eigenvalue weighted by molar-refractivity contribution is 5.41. The van der Waals surface area contributed by atoms with Crippen molar-refractivity contribution in [3.8, 4) is 17.2 Å². The summed E-state index contributed by atoms with van der Waals surface area (Å²) in [6, 6.07) is 21.5. The van der Waals surface area contributed by atoms with Crippen LogP contribution in [0.1, 0.15) is 0 Å². The molecule has 0 spiro atoms. The lowest BCUT2D eigenvalue weighted by atomic mass is 10.3.